The number of hydrogen-bond acceptors (Lipinski definition) is 5. The molecule has 1 rings (SSSR count). The summed E-state index contributed by atoms with van der Waals surface area (Å²) in [5, 5.41) is 19.9. The Bertz CT molecular complexity index is 399. The van der Waals surface area contributed by atoms with Gasteiger partial charge in [0.25, 0.3) is 0 Å². The zero-order valence-corrected chi connectivity index (χ0v) is 9.68. The maximum Gasteiger partial charge on any atom is 0.240 e. The Morgan fingerprint density at radius 3 is 2.67 bits per heavy atom. The molecule has 0 aliphatic heterocycles. The number of carbonyl (C=O) groups is 1. The molecule has 0 saturated heterocycles. The third kappa shape index (κ3) is 3.29. The lowest BCUT2D eigenvalue weighted by atomic mass is 9.98. The molecule has 1 aromatic heterocycles. The van der Waals surface area contributed by atoms with Crippen molar-refractivity contribution >= 4 is 22.4 Å². The third-order valence-corrected chi connectivity index (χ3v) is 2.82. The number of hydrogen-bond donors (Lipinski definition) is 1. The number of rotatable bonds is 2. The highest BCUT2D eigenvalue weighted by Gasteiger charge is 2.19. The monoisotopic (exact) mass is 224 g/mol. The topological polar surface area (TPSA) is 78.7 Å². The van der Waals surface area contributed by atoms with E-state index in [2.05, 4.69) is 15.5 Å². The predicted octanol–water partition coefficient (Wildman–Crippen LogP) is 1.69. The smallest absolute Gasteiger partial charge is 0.240 e. The Morgan fingerprint density at radius 1 is 1.53 bits per heavy atom. The number of carbonyl (C=O) groups excluding carboxylic acids is 1. The minimum Gasteiger partial charge on any atom is -0.300 e. The fraction of sp³-hybridized carbons (Fsp3) is 0.556. The van der Waals surface area contributed by atoms with Gasteiger partial charge in [-0.15, -0.1) is 10.2 Å². The van der Waals surface area contributed by atoms with Crippen LogP contribution in [0.25, 0.3) is 0 Å². The van der Waals surface area contributed by atoms with Gasteiger partial charge < -0.3 is 0 Å². The summed E-state index contributed by atoms with van der Waals surface area (Å²) in [4.78, 5) is 11.1. The molecule has 0 atom stereocenters. The molecule has 0 unspecified atom stereocenters. The van der Waals surface area contributed by atoms with E-state index in [0.29, 0.717) is 5.13 Å². The second-order valence-corrected chi connectivity index (χ2v) is 5.02. The maximum atomic E-state index is 11.1. The van der Waals surface area contributed by atoms with E-state index < -0.39 is 0 Å². The summed E-state index contributed by atoms with van der Waals surface area (Å²) in [5.74, 6) is -0.353. The summed E-state index contributed by atoms with van der Waals surface area (Å²) in [6, 6.07) is 1.77. The lowest BCUT2D eigenvalue weighted by molar-refractivity contribution is -0.115. The molecule has 0 fully saturated rings. The van der Waals surface area contributed by atoms with Crippen LogP contribution in [0, 0.1) is 11.3 Å². The summed E-state index contributed by atoms with van der Waals surface area (Å²) in [6.45, 7) is 6.07. The number of aromatic nitrogens is 2. The summed E-state index contributed by atoms with van der Waals surface area (Å²) < 4.78 is 0. The van der Waals surface area contributed by atoms with E-state index in [-0.39, 0.29) is 17.7 Å². The second kappa shape index (κ2) is 4.36. The van der Waals surface area contributed by atoms with Crippen LogP contribution in [0.5, 0.6) is 0 Å². The molecule has 5 nitrogen and oxygen atoms in total. The second-order valence-electron chi connectivity index (χ2n) is 4.05. The first-order valence-electron chi connectivity index (χ1n) is 4.44. The van der Waals surface area contributed by atoms with E-state index in [4.69, 9.17) is 5.26 Å². The van der Waals surface area contributed by atoms with E-state index in [1.165, 1.54) is 11.3 Å². The van der Waals surface area contributed by atoms with Crippen molar-refractivity contribution in [3.05, 3.63) is 5.01 Å². The average Bonchev–Trinajstić information content (AvgIpc) is 2.52. The van der Waals surface area contributed by atoms with Crippen LogP contribution in [0.15, 0.2) is 0 Å². The first-order chi connectivity index (χ1) is 6.93. The highest BCUT2D eigenvalue weighted by atomic mass is 32.1. The van der Waals surface area contributed by atoms with Crippen LogP contribution >= 0.6 is 11.3 Å². The van der Waals surface area contributed by atoms with Gasteiger partial charge in [0.2, 0.25) is 11.0 Å². The van der Waals surface area contributed by atoms with Crippen molar-refractivity contribution in [1.82, 2.24) is 10.2 Å². The zero-order chi connectivity index (χ0) is 11.5. The van der Waals surface area contributed by atoms with Crippen LogP contribution < -0.4 is 5.32 Å². The van der Waals surface area contributed by atoms with Crippen molar-refractivity contribution in [3.8, 4) is 6.07 Å². The van der Waals surface area contributed by atoms with Gasteiger partial charge in [-0.1, -0.05) is 32.1 Å². The van der Waals surface area contributed by atoms with Crippen molar-refractivity contribution < 1.29 is 4.79 Å². The highest BCUT2D eigenvalue weighted by molar-refractivity contribution is 7.15. The molecule has 1 aromatic rings. The van der Waals surface area contributed by atoms with Gasteiger partial charge in [-0.3, -0.25) is 10.1 Å². The number of anilines is 1. The first-order valence-corrected chi connectivity index (χ1v) is 5.26. The zero-order valence-electron chi connectivity index (χ0n) is 8.87. The Balaban J connectivity index is 2.70. The van der Waals surface area contributed by atoms with Gasteiger partial charge in [0.15, 0.2) is 0 Å². The fourth-order valence-corrected chi connectivity index (χ4v) is 1.63. The summed E-state index contributed by atoms with van der Waals surface area (Å²) in [7, 11) is 0. The molecule has 0 aromatic carbocycles. The maximum absolute atomic E-state index is 11.1. The van der Waals surface area contributed by atoms with Crippen LogP contribution in [-0.2, 0) is 10.2 Å². The normalized spacial score (nSPS) is 10.8. The number of nitrogens with one attached hydrogen (secondary N) is 1. The molecular weight excluding hydrogens is 212 g/mol. The number of nitrogens with zero attached hydrogens (tertiary/aromatic N) is 3. The molecule has 6 heteroatoms. The standard InChI is InChI=1S/C9H12N4OS/c1-9(2,3)7-12-13-8(15-7)11-6(14)4-5-10/h4H2,1-3H3,(H,11,13,14). The van der Waals surface area contributed by atoms with Gasteiger partial charge in [-0.25, -0.2) is 0 Å². The van der Waals surface area contributed by atoms with E-state index in [9.17, 15) is 4.79 Å². The quantitative estimate of drug-likeness (QED) is 0.829. The average molecular weight is 224 g/mol. The Morgan fingerprint density at radius 2 is 2.20 bits per heavy atom. The van der Waals surface area contributed by atoms with Gasteiger partial charge in [0.1, 0.15) is 11.4 Å². The van der Waals surface area contributed by atoms with Gasteiger partial charge in [0.05, 0.1) is 6.07 Å². The van der Waals surface area contributed by atoms with Crippen molar-refractivity contribution in [3.63, 3.8) is 0 Å². The molecule has 1 heterocycles. The lowest BCUT2D eigenvalue weighted by Gasteiger charge is -2.12. The molecule has 0 aliphatic rings. The molecule has 0 spiro atoms. The minimum atomic E-state index is -0.353. The van der Waals surface area contributed by atoms with E-state index in [1.807, 2.05) is 20.8 Å². The number of nitriles is 1. The fourth-order valence-electron chi connectivity index (χ4n) is 0.812. The molecule has 0 saturated carbocycles. The SMILES string of the molecule is CC(C)(C)c1nnc(NC(=O)CC#N)s1. The van der Waals surface area contributed by atoms with Gasteiger partial charge in [0, 0.05) is 5.41 Å². The number of amides is 1. The molecule has 0 aliphatic carbocycles. The first kappa shape index (κ1) is 11.6. The predicted molar refractivity (Wildman–Crippen MR) is 57.5 cm³/mol. The van der Waals surface area contributed by atoms with Crippen LogP contribution in [-0.4, -0.2) is 16.1 Å². The Kier molecular flexibility index (Phi) is 3.37. The molecule has 1 amide bonds. The molecule has 0 radical (unpaired) electrons. The molecular formula is C9H12N4OS. The Hall–Kier alpha value is -1.48. The van der Waals surface area contributed by atoms with Gasteiger partial charge in [-0.2, -0.15) is 5.26 Å². The minimum absolute atomic E-state index is 0.0735. The van der Waals surface area contributed by atoms with Crippen LogP contribution in [0.4, 0.5) is 5.13 Å². The van der Waals surface area contributed by atoms with Crippen LogP contribution in [0.2, 0.25) is 0 Å². The largest absolute Gasteiger partial charge is 0.300 e. The van der Waals surface area contributed by atoms with Crippen molar-refractivity contribution in [1.29, 1.82) is 5.26 Å². The molecule has 80 valence electrons. The van der Waals surface area contributed by atoms with Gasteiger partial charge >= 0.3 is 0 Å². The summed E-state index contributed by atoms with van der Waals surface area (Å²) in [6.07, 6.45) is -0.162. The van der Waals surface area contributed by atoms with Gasteiger partial charge in [-0.05, 0) is 0 Å². The van der Waals surface area contributed by atoms with Crippen molar-refractivity contribution in [2.45, 2.75) is 32.6 Å². The summed E-state index contributed by atoms with van der Waals surface area (Å²) >= 11 is 1.33. The van der Waals surface area contributed by atoms with Crippen molar-refractivity contribution in [2.75, 3.05) is 5.32 Å². The van der Waals surface area contributed by atoms with E-state index in [1.54, 1.807) is 6.07 Å². The molecule has 0 bridgehead atoms. The van der Waals surface area contributed by atoms with Crippen LogP contribution in [0.1, 0.15) is 32.2 Å². The molecule has 15 heavy (non-hydrogen) atoms. The Labute approximate surface area is 92.1 Å². The van der Waals surface area contributed by atoms with E-state index in [0.717, 1.165) is 5.01 Å². The van der Waals surface area contributed by atoms with E-state index >= 15 is 0 Å². The van der Waals surface area contributed by atoms with Crippen LogP contribution in [0.3, 0.4) is 0 Å². The highest BCUT2D eigenvalue weighted by Crippen LogP contribution is 2.27. The summed E-state index contributed by atoms with van der Waals surface area (Å²) in [5.41, 5.74) is -0.0735. The lowest BCUT2D eigenvalue weighted by Crippen LogP contribution is -2.10. The third-order valence-electron chi connectivity index (χ3n) is 1.55. The van der Waals surface area contributed by atoms with Crippen molar-refractivity contribution in [2.24, 2.45) is 0 Å². The molecule has 1 N–H and O–H groups in total.